The number of halogens is 3. The van der Waals surface area contributed by atoms with E-state index in [1.165, 1.54) is 0 Å². The van der Waals surface area contributed by atoms with Crippen molar-refractivity contribution in [2.75, 3.05) is 0 Å². The van der Waals surface area contributed by atoms with Crippen molar-refractivity contribution in [1.29, 1.82) is 0 Å². The predicted octanol–water partition coefficient (Wildman–Crippen LogP) is -2.53. The van der Waals surface area contributed by atoms with E-state index in [9.17, 15) is 18.3 Å². The van der Waals surface area contributed by atoms with Crippen LogP contribution in [-0.2, 0) is 45.6 Å². The van der Waals surface area contributed by atoms with Crippen LogP contribution in [0.4, 0.5) is 0 Å². The minimum Gasteiger partial charge on any atom is -1.00 e. The molecular weight excluding hydrogens is 1420 g/mol. The maximum atomic E-state index is 12.6. The SMILES string of the molecule is CC(C)NP(=O)(NC(C)C)C(C)(C)C.CC(C)NP(=O)(NC(C)C)C(C)(C)C.CC(C)NP(=O)(NC(C)C)C(C)(C)C.CC(C)NP(=O)(NC(C)C)C(C)(C)C.O.[I-].[I-].[I-].[OH3+].[OH3+].[OH3+].[OH3+].[OH3+].[Tb+3]. The fraction of sp³-hybridized carbons (Fsp3) is 1.00. The van der Waals surface area contributed by atoms with Crippen LogP contribution in [0.5, 0.6) is 0 Å². The van der Waals surface area contributed by atoms with Crippen LogP contribution in [-0.4, -0.2) is 74.4 Å². The van der Waals surface area contributed by atoms with Gasteiger partial charge in [-0.3, -0.25) is 59.0 Å². The molecule has 0 radical (unpaired) electrons. The van der Waals surface area contributed by atoms with Crippen LogP contribution in [0.1, 0.15) is 194 Å². The molecule has 25 N–H and O–H groups in total. The molecule has 0 bridgehead atoms. The Morgan fingerprint density at radius 3 is 0.348 bits per heavy atom. The van der Waals surface area contributed by atoms with Crippen LogP contribution < -0.4 is 113 Å². The fourth-order valence-electron chi connectivity index (χ4n) is 4.61. The van der Waals surface area contributed by atoms with Crippen molar-refractivity contribution in [3.63, 3.8) is 0 Å². The summed E-state index contributed by atoms with van der Waals surface area (Å²) >= 11 is 0. The summed E-state index contributed by atoms with van der Waals surface area (Å²) in [5.41, 5.74) is 0. The number of hydrogen-bond donors (Lipinski definition) is 8. The first-order chi connectivity index (χ1) is 24.3. The van der Waals surface area contributed by atoms with Gasteiger partial charge in [0.15, 0.2) is 0 Å². The molecule has 0 aliphatic heterocycles. The molecule has 0 aromatic rings. The van der Waals surface area contributed by atoms with Crippen LogP contribution in [0.3, 0.4) is 0 Å². The molecule has 26 heteroatoms. The third-order valence-corrected chi connectivity index (χ3v) is 21.9. The van der Waals surface area contributed by atoms with E-state index in [1.807, 2.05) is 194 Å². The normalized spacial score (nSPS) is 11.9. The largest absolute Gasteiger partial charge is 3.00 e. The Labute approximate surface area is 489 Å². The smallest absolute Gasteiger partial charge is 1.00 e. The molecule has 0 unspecified atom stereocenters. The second-order valence-electron chi connectivity index (χ2n) is 21.4. The molecule has 0 atom stereocenters. The van der Waals surface area contributed by atoms with Crippen LogP contribution >= 0.6 is 29.8 Å². The first-order valence-corrected chi connectivity index (χ1v) is 27.8. The van der Waals surface area contributed by atoms with E-state index in [-0.39, 0.29) is 212 Å². The van der Waals surface area contributed by atoms with Gasteiger partial charge in [0.05, 0.1) is 0 Å². The molecule has 0 amide bonds. The van der Waals surface area contributed by atoms with E-state index in [0.717, 1.165) is 0 Å². The third kappa shape index (κ3) is 47.5. The van der Waals surface area contributed by atoms with Crippen molar-refractivity contribution < 1.29 is 162 Å². The first-order valence-electron chi connectivity index (χ1n) is 21.0. The number of nitrogens with one attached hydrogen (secondary N) is 8. The average Bonchev–Trinajstić information content (AvgIpc) is 2.83. The van der Waals surface area contributed by atoms with E-state index < -0.39 is 29.8 Å². The van der Waals surface area contributed by atoms with Gasteiger partial charge in [0.25, 0.3) is 0 Å². The zero-order valence-corrected chi connectivity index (χ0v) is 59.1. The Balaban J connectivity index is -0.0000000433. The Morgan fingerprint density at radius 2 is 0.318 bits per heavy atom. The second-order valence-corrected chi connectivity index (χ2v) is 33.7. The van der Waals surface area contributed by atoms with E-state index in [4.69, 9.17) is 0 Å². The van der Waals surface area contributed by atoms with Gasteiger partial charge >= 0.3 is 38.6 Å². The summed E-state index contributed by atoms with van der Waals surface area (Å²) < 4.78 is 50.5. The van der Waals surface area contributed by atoms with Gasteiger partial charge in [-0.25, -0.2) is 0 Å². The van der Waals surface area contributed by atoms with Gasteiger partial charge in [-0.05, 0) is 111 Å². The summed E-state index contributed by atoms with van der Waals surface area (Å²) in [7, 11) is -10.1. The summed E-state index contributed by atoms with van der Waals surface area (Å²) in [5.74, 6) is 0. The van der Waals surface area contributed by atoms with Crippen molar-refractivity contribution >= 4 is 29.8 Å². The molecule has 66 heavy (non-hydrogen) atoms. The van der Waals surface area contributed by atoms with E-state index >= 15 is 0 Å². The zero-order chi connectivity index (χ0) is 46.3. The Hall–Kier alpha value is 3.84. The molecule has 0 saturated heterocycles. The molecule has 422 valence electrons. The summed E-state index contributed by atoms with van der Waals surface area (Å²) in [5, 5.41) is 24.4. The molecule has 0 spiro atoms. The molecular formula is C40H117I3N8O10P4Tb+5. The van der Waals surface area contributed by atoms with Gasteiger partial charge in [-0.15, -0.1) is 0 Å². The maximum Gasteiger partial charge on any atom is 3.00 e. The Bertz CT molecular complexity index is 1050. The molecule has 0 aliphatic carbocycles. The molecule has 0 rings (SSSR count). The van der Waals surface area contributed by atoms with Crippen molar-refractivity contribution in [3.05, 3.63) is 0 Å². The summed E-state index contributed by atoms with van der Waals surface area (Å²) in [6.07, 6.45) is 0. The van der Waals surface area contributed by atoms with Crippen molar-refractivity contribution in [2.45, 2.75) is 263 Å². The third-order valence-electron chi connectivity index (χ3n) is 7.30. The van der Waals surface area contributed by atoms with Crippen molar-refractivity contribution in [1.82, 2.24) is 40.7 Å². The molecule has 0 aromatic carbocycles. The minimum absolute atomic E-state index is 0. The monoisotopic (exact) mass is 1530 g/mol. The van der Waals surface area contributed by atoms with Crippen LogP contribution in [0, 0.1) is 38.6 Å². The van der Waals surface area contributed by atoms with Gasteiger partial charge in [0.1, 0.15) is 0 Å². The quantitative estimate of drug-likeness (QED) is 0.0451. The Kier molecular flexibility index (Phi) is 72.5. The zero-order valence-electron chi connectivity index (χ0n) is 46.9. The summed E-state index contributed by atoms with van der Waals surface area (Å²) in [6.45, 7) is 56.2. The Morgan fingerprint density at radius 1 is 0.258 bits per heavy atom. The average molecular weight is 1530 g/mol. The predicted molar refractivity (Wildman–Crippen MR) is 284 cm³/mol. The van der Waals surface area contributed by atoms with Gasteiger partial charge in [0.2, 0.25) is 29.8 Å². The molecule has 0 saturated carbocycles. The van der Waals surface area contributed by atoms with E-state index in [2.05, 4.69) is 40.7 Å². The van der Waals surface area contributed by atoms with Crippen LogP contribution in [0.25, 0.3) is 0 Å². The summed E-state index contributed by atoms with van der Waals surface area (Å²) in [4.78, 5) is 0. The molecule has 0 aliphatic rings. The van der Waals surface area contributed by atoms with Gasteiger partial charge in [-0.1, -0.05) is 83.1 Å². The van der Waals surface area contributed by atoms with Crippen molar-refractivity contribution in [3.8, 4) is 0 Å². The topological polar surface area (TPSA) is 361 Å². The van der Waals surface area contributed by atoms with Crippen LogP contribution in [0.15, 0.2) is 0 Å². The van der Waals surface area contributed by atoms with E-state index in [0.29, 0.717) is 0 Å². The van der Waals surface area contributed by atoms with Gasteiger partial charge in [0, 0.05) is 69.0 Å². The summed E-state index contributed by atoms with van der Waals surface area (Å²) in [6, 6.07) is 1.82. The molecule has 18 nitrogen and oxygen atoms in total. The standard InChI is InChI=1S/4C10H25N2OP.3HI.6H2O.Tb/c4*1-8(2)11-14(13,10(5,6)7)12-9(3)4;;;;;;;;;;/h4*8-9H,1-7H3,(H2,11,12,13);3*1H;6*1H2;/q;;;;;;;;;;;;;+3/p+2. The molecule has 0 aromatic heterocycles. The fourth-order valence-corrected chi connectivity index (χ4v) is 13.8. The molecule has 0 fully saturated rings. The van der Waals surface area contributed by atoms with E-state index in [1.54, 1.807) is 0 Å². The number of hydrogen-bond acceptors (Lipinski definition) is 4. The maximum absolute atomic E-state index is 12.6. The minimum atomic E-state index is -2.52. The van der Waals surface area contributed by atoms with Crippen LogP contribution in [0.2, 0.25) is 0 Å². The van der Waals surface area contributed by atoms with Gasteiger partial charge in [-0.2, -0.15) is 0 Å². The molecule has 0 heterocycles. The van der Waals surface area contributed by atoms with Crippen molar-refractivity contribution in [2.24, 2.45) is 0 Å². The van der Waals surface area contributed by atoms with Gasteiger partial charge < -0.3 is 105 Å². The number of rotatable bonds is 16. The second kappa shape index (κ2) is 45.1. The first kappa shape index (κ1) is 106.